The summed E-state index contributed by atoms with van der Waals surface area (Å²) in [5.74, 6) is 2.07. The molecule has 1 aromatic rings. The molecule has 0 unspecified atom stereocenters. The predicted molar refractivity (Wildman–Crippen MR) is 123 cm³/mol. The van der Waals surface area contributed by atoms with Crippen LogP contribution in [0, 0.1) is 28.6 Å². The molecule has 3 fully saturated rings. The topological polar surface area (TPSA) is 49.4 Å². The van der Waals surface area contributed by atoms with E-state index in [1.807, 2.05) is 11.9 Å². The summed E-state index contributed by atoms with van der Waals surface area (Å²) in [7, 11) is 1.97. The summed E-state index contributed by atoms with van der Waals surface area (Å²) in [6.07, 6.45) is 10.8. The zero-order valence-electron chi connectivity index (χ0n) is 18.7. The largest absolute Gasteiger partial charge is 0.349 e. The highest BCUT2D eigenvalue weighted by Gasteiger charge is 2.60. The summed E-state index contributed by atoms with van der Waals surface area (Å²) in [6.45, 7) is 4.79. The fourth-order valence-electron chi connectivity index (χ4n) is 7.82. The van der Waals surface area contributed by atoms with E-state index >= 15 is 0 Å². The van der Waals surface area contributed by atoms with Crippen LogP contribution in [0.4, 0.5) is 0 Å². The van der Waals surface area contributed by atoms with E-state index in [1.54, 1.807) is 30.3 Å². The molecular formula is C26H33ClN2O2. The highest BCUT2D eigenvalue weighted by atomic mass is 35.5. The van der Waals surface area contributed by atoms with E-state index in [0.717, 1.165) is 19.3 Å². The number of amides is 2. The number of benzene rings is 1. The molecule has 31 heavy (non-hydrogen) atoms. The summed E-state index contributed by atoms with van der Waals surface area (Å²) in [5, 5.41) is 4.03. The number of rotatable bonds is 2. The van der Waals surface area contributed by atoms with E-state index in [2.05, 4.69) is 25.2 Å². The molecule has 0 radical (unpaired) electrons. The van der Waals surface area contributed by atoms with Crippen LogP contribution in [0.1, 0.15) is 62.7 Å². The Hall–Kier alpha value is -1.81. The van der Waals surface area contributed by atoms with Crippen LogP contribution in [0.25, 0.3) is 0 Å². The number of nitrogens with one attached hydrogen (secondary N) is 1. The molecule has 1 heterocycles. The van der Waals surface area contributed by atoms with Crippen LogP contribution < -0.4 is 5.32 Å². The maximum absolute atomic E-state index is 12.9. The molecule has 5 rings (SSSR count). The lowest BCUT2D eigenvalue weighted by Gasteiger charge is -2.60. The average Bonchev–Trinajstić information content (AvgIpc) is 3.08. The van der Waals surface area contributed by atoms with Gasteiger partial charge in [0.1, 0.15) is 0 Å². The van der Waals surface area contributed by atoms with Crippen molar-refractivity contribution in [2.75, 3.05) is 7.05 Å². The fourth-order valence-corrected chi connectivity index (χ4v) is 7.94. The van der Waals surface area contributed by atoms with Gasteiger partial charge in [0.15, 0.2) is 0 Å². The van der Waals surface area contributed by atoms with Gasteiger partial charge in [-0.05, 0) is 92.0 Å². The van der Waals surface area contributed by atoms with E-state index < -0.39 is 0 Å². The van der Waals surface area contributed by atoms with Crippen molar-refractivity contribution in [1.82, 2.24) is 10.2 Å². The lowest BCUT2D eigenvalue weighted by molar-refractivity contribution is -0.138. The third kappa shape index (κ3) is 3.16. The highest BCUT2D eigenvalue weighted by Crippen LogP contribution is 2.63. The Kier molecular flexibility index (Phi) is 5.00. The van der Waals surface area contributed by atoms with Crippen molar-refractivity contribution in [3.05, 3.63) is 47.0 Å². The van der Waals surface area contributed by atoms with Gasteiger partial charge in [-0.15, -0.1) is 0 Å². The zero-order chi connectivity index (χ0) is 22.0. The number of carbonyl (C=O) groups excluding carboxylic acids is 2. The summed E-state index contributed by atoms with van der Waals surface area (Å²) < 4.78 is 0. The second-order valence-corrected chi connectivity index (χ2v) is 11.2. The van der Waals surface area contributed by atoms with Gasteiger partial charge in [-0.2, -0.15) is 0 Å². The standard InChI is InChI=1S/C26H33ClN2O2/c1-25-14-12-20-18(8-11-22-26(20,2)15-13-23(30)29(22)3)19(25)9-10-21(25)28-24(31)16-4-6-17(27)7-5-16/h4-7,13,15,18-22H,8-12,14H2,1-3H3,(H,28,31)/t18-,19-,20-,21-,22+,25-,26+/m0/s1. The van der Waals surface area contributed by atoms with E-state index in [9.17, 15) is 9.59 Å². The Labute approximate surface area is 190 Å². The summed E-state index contributed by atoms with van der Waals surface area (Å²) in [6, 6.07) is 7.70. The molecule has 0 spiro atoms. The SMILES string of the molecule is CN1C(=O)C=C[C@]2(C)[C@H]3CC[C@]4(C)[C@@H](NC(=O)c5ccc(Cl)cc5)CC[C@H]4[C@@H]3CC[C@@H]12. The van der Waals surface area contributed by atoms with Crippen molar-refractivity contribution in [3.8, 4) is 0 Å². The highest BCUT2D eigenvalue weighted by molar-refractivity contribution is 6.30. The normalized spacial score (nSPS) is 41.4. The molecule has 2 amide bonds. The molecule has 4 aliphatic rings. The molecule has 0 bridgehead atoms. The Balaban J connectivity index is 1.36. The van der Waals surface area contributed by atoms with E-state index in [4.69, 9.17) is 11.6 Å². The Morgan fingerprint density at radius 2 is 1.81 bits per heavy atom. The number of hydrogen-bond donors (Lipinski definition) is 1. The summed E-state index contributed by atoms with van der Waals surface area (Å²) in [4.78, 5) is 27.2. The monoisotopic (exact) mass is 440 g/mol. The molecule has 1 aromatic carbocycles. The molecule has 166 valence electrons. The molecular weight excluding hydrogens is 408 g/mol. The van der Waals surface area contributed by atoms with Gasteiger partial charge in [0.25, 0.3) is 5.91 Å². The predicted octanol–water partition coefficient (Wildman–Crippen LogP) is 5.08. The Bertz CT molecular complexity index is 928. The number of likely N-dealkylation sites (N-methyl/N-ethyl adjacent to an activating group) is 1. The lowest BCUT2D eigenvalue weighted by Crippen LogP contribution is -2.60. The van der Waals surface area contributed by atoms with Crippen molar-refractivity contribution < 1.29 is 9.59 Å². The van der Waals surface area contributed by atoms with E-state index in [1.165, 1.54) is 19.3 Å². The summed E-state index contributed by atoms with van der Waals surface area (Å²) >= 11 is 5.98. The van der Waals surface area contributed by atoms with E-state index in [0.29, 0.717) is 34.4 Å². The second-order valence-electron chi connectivity index (χ2n) is 10.8. The van der Waals surface area contributed by atoms with Gasteiger partial charge in [-0.25, -0.2) is 0 Å². The van der Waals surface area contributed by atoms with Crippen LogP contribution in [0.2, 0.25) is 5.02 Å². The van der Waals surface area contributed by atoms with Crippen LogP contribution in [0.3, 0.4) is 0 Å². The van der Waals surface area contributed by atoms with Crippen LogP contribution in [0.15, 0.2) is 36.4 Å². The quantitative estimate of drug-likeness (QED) is 0.697. The smallest absolute Gasteiger partial charge is 0.251 e. The van der Waals surface area contributed by atoms with Gasteiger partial charge in [0.2, 0.25) is 5.91 Å². The van der Waals surface area contributed by atoms with Crippen molar-refractivity contribution >= 4 is 23.4 Å². The molecule has 1 N–H and O–H groups in total. The van der Waals surface area contributed by atoms with Crippen molar-refractivity contribution in [2.24, 2.45) is 28.6 Å². The minimum atomic E-state index is 0.0108. The molecule has 1 aliphatic heterocycles. The number of carbonyl (C=O) groups is 2. The first kappa shape index (κ1) is 21.1. The number of hydrogen-bond acceptors (Lipinski definition) is 2. The van der Waals surface area contributed by atoms with Crippen molar-refractivity contribution in [1.29, 1.82) is 0 Å². The van der Waals surface area contributed by atoms with Gasteiger partial charge < -0.3 is 10.2 Å². The van der Waals surface area contributed by atoms with Gasteiger partial charge >= 0.3 is 0 Å². The van der Waals surface area contributed by atoms with Crippen LogP contribution in [0.5, 0.6) is 0 Å². The van der Waals surface area contributed by atoms with E-state index in [-0.39, 0.29) is 28.7 Å². The number of fused-ring (bicyclic) bond motifs is 5. The van der Waals surface area contributed by atoms with Crippen LogP contribution in [-0.2, 0) is 4.79 Å². The molecule has 5 heteroatoms. The molecule has 0 aromatic heterocycles. The average molecular weight is 441 g/mol. The molecule has 0 saturated heterocycles. The zero-order valence-corrected chi connectivity index (χ0v) is 19.5. The first-order chi connectivity index (χ1) is 14.7. The number of nitrogens with zero attached hydrogens (tertiary/aromatic N) is 1. The first-order valence-corrected chi connectivity index (χ1v) is 12.1. The van der Waals surface area contributed by atoms with Crippen LogP contribution >= 0.6 is 11.6 Å². The van der Waals surface area contributed by atoms with Crippen molar-refractivity contribution in [2.45, 2.75) is 64.5 Å². The number of halogens is 1. The first-order valence-electron chi connectivity index (χ1n) is 11.8. The maximum atomic E-state index is 12.9. The molecule has 3 saturated carbocycles. The minimum absolute atomic E-state index is 0.0108. The third-order valence-corrected chi connectivity index (χ3v) is 9.79. The van der Waals surface area contributed by atoms with Gasteiger partial charge in [0.05, 0.1) is 0 Å². The molecule has 7 atom stereocenters. The van der Waals surface area contributed by atoms with Gasteiger partial charge in [-0.3, -0.25) is 9.59 Å². The lowest BCUT2D eigenvalue weighted by atomic mass is 9.48. The van der Waals surface area contributed by atoms with Gasteiger partial charge in [-0.1, -0.05) is 31.5 Å². The second kappa shape index (κ2) is 7.37. The third-order valence-electron chi connectivity index (χ3n) is 9.54. The molecule has 4 nitrogen and oxygen atoms in total. The van der Waals surface area contributed by atoms with Gasteiger partial charge in [0, 0.05) is 35.1 Å². The Morgan fingerprint density at radius 3 is 2.55 bits per heavy atom. The Morgan fingerprint density at radius 1 is 1.06 bits per heavy atom. The fraction of sp³-hybridized carbons (Fsp3) is 0.615. The minimum Gasteiger partial charge on any atom is -0.349 e. The van der Waals surface area contributed by atoms with Crippen molar-refractivity contribution in [3.63, 3.8) is 0 Å². The summed E-state index contributed by atoms with van der Waals surface area (Å²) in [5.41, 5.74) is 0.891. The molecule has 3 aliphatic carbocycles. The van der Waals surface area contributed by atoms with Crippen LogP contribution in [-0.4, -0.2) is 35.8 Å². The maximum Gasteiger partial charge on any atom is 0.251 e.